The molecule has 2 N–H and O–H groups in total. The van der Waals surface area contributed by atoms with Gasteiger partial charge in [-0.3, -0.25) is 0 Å². The van der Waals surface area contributed by atoms with Gasteiger partial charge in [0.25, 0.3) is 0 Å². The van der Waals surface area contributed by atoms with E-state index in [2.05, 4.69) is 5.32 Å². The van der Waals surface area contributed by atoms with Crippen molar-refractivity contribution in [2.24, 2.45) is 0 Å². The lowest BCUT2D eigenvalue weighted by Gasteiger charge is -1.98. The van der Waals surface area contributed by atoms with Crippen LogP contribution in [0.5, 0.6) is 5.75 Å². The van der Waals surface area contributed by atoms with Gasteiger partial charge < -0.3 is 10.4 Å². The quantitative estimate of drug-likeness (QED) is 0.694. The van der Waals surface area contributed by atoms with Crippen molar-refractivity contribution in [3.63, 3.8) is 0 Å². The molecule has 0 bridgehead atoms. The molecule has 3 heteroatoms. The fourth-order valence-electron chi connectivity index (χ4n) is 1.28. The van der Waals surface area contributed by atoms with Gasteiger partial charge in [-0.25, -0.2) is 0 Å². The Morgan fingerprint density at radius 1 is 1.36 bits per heavy atom. The highest BCUT2D eigenvalue weighted by Crippen LogP contribution is 2.25. The third-order valence-electron chi connectivity index (χ3n) is 1.80. The van der Waals surface area contributed by atoms with E-state index in [4.69, 9.17) is 5.11 Å². The maximum absolute atomic E-state index is 9.06. The topological polar surface area (TPSA) is 32.3 Å². The second-order valence-electron chi connectivity index (χ2n) is 2.52. The highest BCUT2D eigenvalue weighted by molar-refractivity contribution is 8.93. The van der Waals surface area contributed by atoms with E-state index in [0.717, 1.165) is 18.7 Å². The molecule has 1 aromatic rings. The number of hydrogen-bond acceptors (Lipinski definition) is 2. The first-order valence-electron chi connectivity index (χ1n) is 3.42. The third kappa shape index (κ3) is 1.48. The van der Waals surface area contributed by atoms with Crippen molar-refractivity contribution in [3.8, 4) is 5.75 Å². The van der Waals surface area contributed by atoms with Crippen molar-refractivity contribution < 1.29 is 5.11 Å². The van der Waals surface area contributed by atoms with E-state index in [0.29, 0.717) is 5.75 Å². The Kier molecular flexibility index (Phi) is 2.39. The first-order valence-corrected chi connectivity index (χ1v) is 3.42. The molecule has 1 aliphatic rings. The van der Waals surface area contributed by atoms with Crippen LogP contribution in [0.2, 0.25) is 0 Å². The molecular weight excluding hydrogens is 206 g/mol. The van der Waals surface area contributed by atoms with Crippen molar-refractivity contribution in [1.29, 1.82) is 0 Å². The van der Waals surface area contributed by atoms with Gasteiger partial charge >= 0.3 is 0 Å². The van der Waals surface area contributed by atoms with Gasteiger partial charge in [-0.15, -0.1) is 17.0 Å². The van der Waals surface area contributed by atoms with E-state index in [1.54, 1.807) is 12.1 Å². The van der Waals surface area contributed by atoms with Gasteiger partial charge in [0.2, 0.25) is 0 Å². The van der Waals surface area contributed by atoms with Crippen LogP contribution in [0.4, 0.5) is 5.69 Å². The fourth-order valence-corrected chi connectivity index (χ4v) is 1.28. The number of aromatic hydroxyl groups is 1. The Hall–Kier alpha value is -0.700. The summed E-state index contributed by atoms with van der Waals surface area (Å²) in [6, 6.07) is 5.46. The second kappa shape index (κ2) is 3.13. The zero-order valence-electron chi connectivity index (χ0n) is 6.00. The summed E-state index contributed by atoms with van der Waals surface area (Å²) >= 11 is 0. The van der Waals surface area contributed by atoms with Crippen LogP contribution in [0, 0.1) is 0 Å². The van der Waals surface area contributed by atoms with Crippen LogP contribution in [0.25, 0.3) is 0 Å². The molecule has 1 heterocycles. The van der Waals surface area contributed by atoms with Gasteiger partial charge in [0, 0.05) is 18.3 Å². The maximum Gasteiger partial charge on any atom is 0.117 e. The Morgan fingerprint density at radius 3 is 3.00 bits per heavy atom. The molecule has 0 atom stereocenters. The lowest BCUT2D eigenvalue weighted by Crippen LogP contribution is -1.90. The van der Waals surface area contributed by atoms with Crippen molar-refractivity contribution in [2.45, 2.75) is 6.42 Å². The smallest absolute Gasteiger partial charge is 0.117 e. The lowest BCUT2D eigenvalue weighted by atomic mass is 10.2. The molecule has 2 nitrogen and oxygen atoms in total. The SMILES string of the molecule is Br.Oc1ccc2c(c1)NCC2. The summed E-state index contributed by atoms with van der Waals surface area (Å²) in [5.74, 6) is 0.341. The van der Waals surface area contributed by atoms with E-state index < -0.39 is 0 Å². The largest absolute Gasteiger partial charge is 0.508 e. The van der Waals surface area contributed by atoms with Gasteiger partial charge in [0.1, 0.15) is 5.75 Å². The fraction of sp³-hybridized carbons (Fsp3) is 0.250. The van der Waals surface area contributed by atoms with Crippen molar-refractivity contribution in [3.05, 3.63) is 23.8 Å². The van der Waals surface area contributed by atoms with E-state index in [1.165, 1.54) is 5.56 Å². The molecule has 1 aromatic carbocycles. The first-order chi connectivity index (χ1) is 4.86. The molecule has 1 aliphatic heterocycles. The Balaban J connectivity index is 0.000000605. The van der Waals surface area contributed by atoms with Crippen LogP contribution in [-0.4, -0.2) is 11.7 Å². The molecule has 60 valence electrons. The lowest BCUT2D eigenvalue weighted by molar-refractivity contribution is 0.475. The molecule has 0 aliphatic carbocycles. The van der Waals surface area contributed by atoms with Crippen LogP contribution in [-0.2, 0) is 6.42 Å². The Labute approximate surface area is 76.0 Å². The summed E-state index contributed by atoms with van der Waals surface area (Å²) in [6.45, 7) is 0.999. The predicted octanol–water partition coefficient (Wildman–Crippen LogP) is 1.94. The third-order valence-corrected chi connectivity index (χ3v) is 1.80. The summed E-state index contributed by atoms with van der Waals surface area (Å²) in [6.07, 6.45) is 1.08. The molecule has 0 saturated carbocycles. The minimum atomic E-state index is 0. The number of phenols is 1. The number of fused-ring (bicyclic) bond motifs is 1. The number of anilines is 1. The molecule has 0 amide bonds. The summed E-state index contributed by atoms with van der Waals surface area (Å²) < 4.78 is 0. The average molecular weight is 216 g/mol. The summed E-state index contributed by atoms with van der Waals surface area (Å²) in [5, 5.41) is 12.2. The average Bonchev–Trinajstić information content (AvgIpc) is 2.33. The summed E-state index contributed by atoms with van der Waals surface area (Å²) in [4.78, 5) is 0. The standard InChI is InChI=1S/C8H9NO.BrH/c10-7-2-1-6-3-4-9-8(6)5-7;/h1-2,5,9-10H,3-4H2;1H. The van der Waals surface area contributed by atoms with Gasteiger partial charge in [0.05, 0.1) is 0 Å². The minimum Gasteiger partial charge on any atom is -0.508 e. The molecule has 11 heavy (non-hydrogen) atoms. The van der Waals surface area contributed by atoms with Gasteiger partial charge in [-0.1, -0.05) is 6.07 Å². The van der Waals surface area contributed by atoms with Crippen LogP contribution in [0.1, 0.15) is 5.56 Å². The highest BCUT2D eigenvalue weighted by Gasteiger charge is 2.08. The molecule has 0 saturated heterocycles. The van der Waals surface area contributed by atoms with Crippen LogP contribution >= 0.6 is 17.0 Å². The number of halogens is 1. The number of phenolic OH excluding ortho intramolecular Hbond substituents is 1. The normalized spacial score (nSPS) is 13.1. The molecule has 0 aromatic heterocycles. The van der Waals surface area contributed by atoms with Crippen LogP contribution in [0.15, 0.2) is 18.2 Å². The number of nitrogens with one attached hydrogen (secondary N) is 1. The highest BCUT2D eigenvalue weighted by atomic mass is 79.9. The Bertz CT molecular complexity index is 262. The summed E-state index contributed by atoms with van der Waals surface area (Å²) in [7, 11) is 0. The van der Waals surface area contributed by atoms with E-state index in [9.17, 15) is 0 Å². The first kappa shape index (κ1) is 8.40. The summed E-state index contributed by atoms with van der Waals surface area (Å²) in [5.41, 5.74) is 2.39. The molecular formula is C8H10BrNO. The van der Waals surface area contributed by atoms with E-state index in [1.807, 2.05) is 6.07 Å². The molecule has 0 unspecified atom stereocenters. The van der Waals surface area contributed by atoms with Crippen molar-refractivity contribution >= 4 is 22.7 Å². The maximum atomic E-state index is 9.06. The van der Waals surface area contributed by atoms with E-state index in [-0.39, 0.29) is 17.0 Å². The van der Waals surface area contributed by atoms with Crippen LogP contribution in [0.3, 0.4) is 0 Å². The van der Waals surface area contributed by atoms with Gasteiger partial charge in [-0.05, 0) is 18.1 Å². The molecule has 0 spiro atoms. The zero-order chi connectivity index (χ0) is 6.97. The molecule has 0 fully saturated rings. The number of rotatable bonds is 0. The second-order valence-corrected chi connectivity index (χ2v) is 2.52. The number of hydrogen-bond donors (Lipinski definition) is 2. The molecule has 0 radical (unpaired) electrons. The minimum absolute atomic E-state index is 0. The monoisotopic (exact) mass is 215 g/mol. The van der Waals surface area contributed by atoms with Crippen molar-refractivity contribution in [1.82, 2.24) is 0 Å². The van der Waals surface area contributed by atoms with Crippen molar-refractivity contribution in [2.75, 3.05) is 11.9 Å². The number of benzene rings is 1. The Morgan fingerprint density at radius 2 is 2.18 bits per heavy atom. The predicted molar refractivity (Wildman–Crippen MR) is 50.6 cm³/mol. The van der Waals surface area contributed by atoms with Gasteiger partial charge in [-0.2, -0.15) is 0 Å². The molecule has 2 rings (SSSR count). The zero-order valence-corrected chi connectivity index (χ0v) is 7.71. The van der Waals surface area contributed by atoms with Crippen LogP contribution < -0.4 is 5.32 Å². The van der Waals surface area contributed by atoms with Gasteiger partial charge in [0.15, 0.2) is 0 Å². The van der Waals surface area contributed by atoms with E-state index >= 15 is 0 Å².